The van der Waals surface area contributed by atoms with Crippen LogP contribution in [-0.2, 0) is 12.7 Å². The van der Waals surface area contributed by atoms with Crippen LogP contribution in [0.2, 0.25) is 0 Å². The number of aromatic carboxylic acids is 2. The van der Waals surface area contributed by atoms with Crippen molar-refractivity contribution in [2.45, 2.75) is 32.5 Å². The van der Waals surface area contributed by atoms with E-state index >= 15 is 0 Å². The minimum absolute atomic E-state index is 0.00241. The van der Waals surface area contributed by atoms with Gasteiger partial charge in [0.15, 0.2) is 5.69 Å². The number of carboxylic acid groups (broad SMARTS) is 2. The van der Waals surface area contributed by atoms with Crippen molar-refractivity contribution in [3.63, 3.8) is 0 Å². The highest BCUT2D eigenvalue weighted by molar-refractivity contribution is 5.94. The number of anilines is 1. The van der Waals surface area contributed by atoms with Crippen LogP contribution in [0.25, 0.3) is 0 Å². The van der Waals surface area contributed by atoms with Crippen molar-refractivity contribution in [1.82, 2.24) is 15.1 Å². The van der Waals surface area contributed by atoms with Gasteiger partial charge in [0.2, 0.25) is 0 Å². The van der Waals surface area contributed by atoms with Crippen LogP contribution >= 0.6 is 0 Å². The Kier molecular flexibility index (Phi) is 7.43. The molecule has 0 atom stereocenters. The monoisotopic (exact) mass is 428 g/mol. The second-order valence-electron chi connectivity index (χ2n) is 7.04. The Bertz CT molecular complexity index is 873. The van der Waals surface area contributed by atoms with Gasteiger partial charge in [0.1, 0.15) is 0 Å². The van der Waals surface area contributed by atoms with Gasteiger partial charge in [-0.3, -0.25) is 4.68 Å². The van der Waals surface area contributed by atoms with Crippen LogP contribution < -0.4 is 11.1 Å². The van der Waals surface area contributed by atoms with Gasteiger partial charge < -0.3 is 21.3 Å². The molecule has 164 valence electrons. The first-order chi connectivity index (χ1) is 14.0. The topological polar surface area (TPSA) is 130 Å². The Morgan fingerprint density at radius 2 is 1.70 bits per heavy atom. The number of alkyl halides is 3. The molecule has 0 spiro atoms. The van der Waals surface area contributed by atoms with Gasteiger partial charge in [-0.15, -0.1) is 0 Å². The lowest BCUT2D eigenvalue weighted by Crippen LogP contribution is -2.30. The molecule has 0 bridgehead atoms. The van der Waals surface area contributed by atoms with Crippen molar-refractivity contribution in [3.8, 4) is 0 Å². The molecule has 2 heterocycles. The molecule has 3 rings (SSSR count). The minimum atomic E-state index is -4.47. The molecule has 1 fully saturated rings. The maximum Gasteiger partial charge on any atom is 0.437 e. The quantitative estimate of drug-likeness (QED) is 0.589. The van der Waals surface area contributed by atoms with Crippen LogP contribution in [0.15, 0.2) is 24.4 Å². The molecule has 5 N–H and O–H groups in total. The Morgan fingerprint density at radius 1 is 1.17 bits per heavy atom. The smallest absolute Gasteiger partial charge is 0.437 e. The number of nitrogens with two attached hydrogens (primary N) is 1. The SMILES string of the molecule is Cc1cc(C(=O)O)cc(C(=O)O)c1.Nc1cn(CC2CCNCC2)nc1C(F)(F)F. The first-order valence-electron chi connectivity index (χ1n) is 9.16. The normalized spacial score (nSPS) is 14.7. The molecule has 0 radical (unpaired) electrons. The number of aromatic nitrogens is 2. The van der Waals surface area contributed by atoms with E-state index in [1.807, 2.05) is 0 Å². The predicted molar refractivity (Wildman–Crippen MR) is 102 cm³/mol. The summed E-state index contributed by atoms with van der Waals surface area (Å²) in [6.45, 7) is 3.97. The Hall–Kier alpha value is -3.08. The maximum atomic E-state index is 12.5. The van der Waals surface area contributed by atoms with E-state index in [1.165, 1.54) is 23.0 Å². The fourth-order valence-electron chi connectivity index (χ4n) is 3.11. The van der Waals surface area contributed by atoms with Crippen LogP contribution in [-0.4, -0.2) is 45.0 Å². The lowest BCUT2D eigenvalue weighted by atomic mass is 9.98. The number of piperidine rings is 1. The average molecular weight is 428 g/mol. The number of carbonyl (C=O) groups is 2. The number of hydrogen-bond donors (Lipinski definition) is 4. The summed E-state index contributed by atoms with van der Waals surface area (Å²) in [4.78, 5) is 21.1. The molecular formula is C19H23F3N4O4. The summed E-state index contributed by atoms with van der Waals surface area (Å²) in [7, 11) is 0. The van der Waals surface area contributed by atoms with Gasteiger partial charge in [0.25, 0.3) is 0 Å². The fraction of sp³-hybridized carbons (Fsp3) is 0.421. The molecule has 0 saturated carbocycles. The molecule has 11 heteroatoms. The number of hydrogen-bond acceptors (Lipinski definition) is 5. The first kappa shape index (κ1) is 23.2. The Morgan fingerprint density at radius 3 is 2.13 bits per heavy atom. The van der Waals surface area contributed by atoms with E-state index in [9.17, 15) is 22.8 Å². The molecule has 8 nitrogen and oxygen atoms in total. The highest BCUT2D eigenvalue weighted by Gasteiger charge is 2.36. The Labute approximate surface area is 170 Å². The zero-order valence-corrected chi connectivity index (χ0v) is 16.2. The number of nitrogens with one attached hydrogen (secondary N) is 1. The van der Waals surface area contributed by atoms with Crippen molar-refractivity contribution >= 4 is 17.6 Å². The third kappa shape index (κ3) is 6.48. The van der Waals surface area contributed by atoms with E-state index in [0.29, 0.717) is 18.0 Å². The van der Waals surface area contributed by atoms with Gasteiger partial charge in [0, 0.05) is 12.7 Å². The van der Waals surface area contributed by atoms with Gasteiger partial charge >= 0.3 is 18.1 Å². The number of aryl methyl sites for hydroxylation is 1. The number of nitrogen functional groups attached to an aromatic ring is 1. The highest BCUT2D eigenvalue weighted by Crippen LogP contribution is 2.32. The Balaban J connectivity index is 0.000000222. The average Bonchev–Trinajstić information content (AvgIpc) is 3.03. The maximum absolute atomic E-state index is 12.5. The zero-order valence-electron chi connectivity index (χ0n) is 16.2. The number of benzene rings is 1. The van der Waals surface area contributed by atoms with Crippen LogP contribution in [0, 0.1) is 12.8 Å². The zero-order chi connectivity index (χ0) is 22.5. The molecule has 1 aromatic carbocycles. The molecule has 1 aliphatic rings. The third-order valence-electron chi connectivity index (χ3n) is 4.53. The molecular weight excluding hydrogens is 405 g/mol. The lowest BCUT2D eigenvalue weighted by molar-refractivity contribution is -0.140. The molecule has 2 aromatic rings. The van der Waals surface area contributed by atoms with E-state index in [1.54, 1.807) is 6.92 Å². The second-order valence-corrected chi connectivity index (χ2v) is 7.04. The molecule has 0 unspecified atom stereocenters. The largest absolute Gasteiger partial charge is 0.478 e. The third-order valence-corrected chi connectivity index (χ3v) is 4.53. The van der Waals surface area contributed by atoms with Gasteiger partial charge in [-0.05, 0) is 62.5 Å². The lowest BCUT2D eigenvalue weighted by Gasteiger charge is -2.22. The van der Waals surface area contributed by atoms with Crippen molar-refractivity contribution in [2.75, 3.05) is 18.8 Å². The summed E-state index contributed by atoms with van der Waals surface area (Å²) in [6, 6.07) is 3.99. The summed E-state index contributed by atoms with van der Waals surface area (Å²) < 4.78 is 38.7. The van der Waals surface area contributed by atoms with Gasteiger partial charge in [-0.2, -0.15) is 18.3 Å². The summed E-state index contributed by atoms with van der Waals surface area (Å²) in [6.07, 6.45) is -1.28. The molecule has 1 aromatic heterocycles. The van der Waals surface area contributed by atoms with E-state index in [0.717, 1.165) is 32.0 Å². The van der Waals surface area contributed by atoms with Crippen molar-refractivity contribution in [2.24, 2.45) is 5.92 Å². The van der Waals surface area contributed by atoms with Crippen LogP contribution in [0.3, 0.4) is 0 Å². The highest BCUT2D eigenvalue weighted by atomic mass is 19.4. The molecule has 0 aliphatic carbocycles. The van der Waals surface area contributed by atoms with E-state index < -0.39 is 23.8 Å². The molecule has 1 aliphatic heterocycles. The summed E-state index contributed by atoms with van der Waals surface area (Å²) >= 11 is 0. The van der Waals surface area contributed by atoms with Gasteiger partial charge in [0.05, 0.1) is 16.8 Å². The van der Waals surface area contributed by atoms with Crippen LogP contribution in [0.4, 0.5) is 18.9 Å². The predicted octanol–water partition coefficient (Wildman–Crippen LogP) is 2.88. The number of halogens is 3. The number of carboxylic acids is 2. The van der Waals surface area contributed by atoms with Gasteiger partial charge in [-0.25, -0.2) is 9.59 Å². The second kappa shape index (κ2) is 9.61. The van der Waals surface area contributed by atoms with Crippen LogP contribution in [0.1, 0.15) is 44.8 Å². The van der Waals surface area contributed by atoms with E-state index in [-0.39, 0.29) is 16.8 Å². The molecule has 1 saturated heterocycles. The minimum Gasteiger partial charge on any atom is -0.478 e. The number of rotatable bonds is 4. The van der Waals surface area contributed by atoms with Gasteiger partial charge in [-0.1, -0.05) is 0 Å². The molecule has 0 amide bonds. The van der Waals surface area contributed by atoms with Crippen molar-refractivity contribution < 1.29 is 33.0 Å². The van der Waals surface area contributed by atoms with E-state index in [4.69, 9.17) is 15.9 Å². The summed E-state index contributed by atoms with van der Waals surface area (Å²) in [5.41, 5.74) is 4.65. The fourth-order valence-corrected chi connectivity index (χ4v) is 3.11. The number of nitrogens with zero attached hydrogens (tertiary/aromatic N) is 2. The van der Waals surface area contributed by atoms with Crippen LogP contribution in [0.5, 0.6) is 0 Å². The van der Waals surface area contributed by atoms with Crippen molar-refractivity contribution in [3.05, 3.63) is 46.8 Å². The van der Waals surface area contributed by atoms with Crippen molar-refractivity contribution in [1.29, 1.82) is 0 Å². The summed E-state index contributed by atoms with van der Waals surface area (Å²) in [5, 5.41) is 24.0. The van der Waals surface area contributed by atoms with E-state index in [2.05, 4.69) is 10.4 Å². The summed E-state index contributed by atoms with van der Waals surface area (Å²) in [5.74, 6) is -1.87. The first-order valence-corrected chi connectivity index (χ1v) is 9.16. The standard InChI is InChI=1S/C10H15F3N4.C9H8O4/c11-10(12,13)9-8(14)6-17(16-9)5-7-1-3-15-4-2-7;1-5-2-6(8(10)11)4-7(3-5)9(12)13/h6-7,15H,1-5,14H2;2-4H,1H3,(H,10,11)(H,12,13). The molecule has 30 heavy (non-hydrogen) atoms.